The first-order valence-corrected chi connectivity index (χ1v) is 11.7. The fourth-order valence-electron chi connectivity index (χ4n) is 4.05. The number of piperidine rings is 1. The molecule has 2 aromatic carbocycles. The van der Waals surface area contributed by atoms with Crippen molar-refractivity contribution in [3.63, 3.8) is 0 Å². The van der Waals surface area contributed by atoms with Crippen LogP contribution in [0.2, 0.25) is 0 Å². The van der Waals surface area contributed by atoms with Gasteiger partial charge < -0.3 is 19.7 Å². The number of benzene rings is 2. The Labute approximate surface area is 191 Å². The fraction of sp³-hybridized carbons (Fsp3) is 0.375. The van der Waals surface area contributed by atoms with Crippen LogP contribution in [0.15, 0.2) is 42.5 Å². The van der Waals surface area contributed by atoms with Crippen LogP contribution in [0.1, 0.15) is 35.4 Å². The van der Waals surface area contributed by atoms with Crippen molar-refractivity contribution in [2.24, 2.45) is 5.92 Å². The van der Waals surface area contributed by atoms with Crippen molar-refractivity contribution >= 4 is 22.6 Å². The van der Waals surface area contributed by atoms with Crippen LogP contribution in [-0.2, 0) is 17.8 Å². The number of nitrogens with zero attached hydrogens (tertiary/aromatic N) is 3. The number of aromatic nitrogens is 2. The van der Waals surface area contributed by atoms with Crippen LogP contribution >= 0.6 is 11.5 Å². The van der Waals surface area contributed by atoms with Crippen molar-refractivity contribution in [2.75, 3.05) is 24.8 Å². The van der Waals surface area contributed by atoms with Gasteiger partial charge in [-0.25, -0.2) is 4.98 Å². The normalized spacial score (nSPS) is 15.7. The molecule has 7 nitrogen and oxygen atoms in total. The fourth-order valence-corrected chi connectivity index (χ4v) is 4.79. The van der Waals surface area contributed by atoms with E-state index in [-0.39, 0.29) is 18.6 Å². The van der Waals surface area contributed by atoms with E-state index in [9.17, 15) is 4.79 Å². The van der Waals surface area contributed by atoms with Crippen LogP contribution in [0.5, 0.6) is 11.5 Å². The van der Waals surface area contributed by atoms with Gasteiger partial charge >= 0.3 is 0 Å². The third-order valence-corrected chi connectivity index (χ3v) is 6.80. The molecule has 1 N–H and O–H groups in total. The molecule has 3 aromatic rings. The van der Waals surface area contributed by atoms with E-state index in [2.05, 4.69) is 45.8 Å². The first-order chi connectivity index (χ1) is 15.6. The van der Waals surface area contributed by atoms with E-state index in [4.69, 9.17) is 14.5 Å². The van der Waals surface area contributed by atoms with Crippen LogP contribution in [0.4, 0.5) is 5.13 Å². The largest absolute Gasteiger partial charge is 0.454 e. The summed E-state index contributed by atoms with van der Waals surface area (Å²) in [4.78, 5) is 19.7. The summed E-state index contributed by atoms with van der Waals surface area (Å²) in [6.45, 7) is 4.48. The minimum absolute atomic E-state index is 0.0280. The van der Waals surface area contributed by atoms with Crippen molar-refractivity contribution in [2.45, 2.75) is 32.7 Å². The Balaban J connectivity index is 1.10. The van der Waals surface area contributed by atoms with E-state index in [1.807, 2.05) is 18.2 Å². The van der Waals surface area contributed by atoms with Crippen molar-refractivity contribution < 1.29 is 14.3 Å². The molecule has 0 aliphatic carbocycles. The van der Waals surface area contributed by atoms with Crippen LogP contribution in [0.3, 0.4) is 0 Å². The van der Waals surface area contributed by atoms with Gasteiger partial charge in [0.25, 0.3) is 0 Å². The lowest BCUT2D eigenvalue weighted by Crippen LogP contribution is -2.40. The molecule has 0 bridgehead atoms. The summed E-state index contributed by atoms with van der Waals surface area (Å²) in [6, 6.07) is 14.3. The highest BCUT2D eigenvalue weighted by atomic mass is 32.1. The van der Waals surface area contributed by atoms with Gasteiger partial charge in [0.1, 0.15) is 5.82 Å². The van der Waals surface area contributed by atoms with Gasteiger partial charge in [-0.15, -0.1) is 0 Å². The lowest BCUT2D eigenvalue weighted by atomic mass is 9.96. The van der Waals surface area contributed by atoms with E-state index < -0.39 is 0 Å². The molecule has 0 unspecified atom stereocenters. The number of anilines is 1. The highest BCUT2D eigenvalue weighted by molar-refractivity contribution is 7.09. The number of carbonyl (C=O) groups excluding carboxylic acids is 1. The molecule has 8 heteroatoms. The van der Waals surface area contributed by atoms with Crippen LogP contribution < -0.4 is 19.7 Å². The van der Waals surface area contributed by atoms with E-state index >= 15 is 0 Å². The van der Waals surface area contributed by atoms with Crippen molar-refractivity contribution in [1.82, 2.24) is 14.7 Å². The smallest absolute Gasteiger partial charge is 0.231 e. The summed E-state index contributed by atoms with van der Waals surface area (Å²) in [5, 5.41) is 4.02. The monoisotopic (exact) mass is 450 g/mol. The predicted octanol–water partition coefficient (Wildman–Crippen LogP) is 3.70. The second-order valence-electron chi connectivity index (χ2n) is 8.32. The molecule has 2 aliphatic rings. The maximum Gasteiger partial charge on any atom is 0.231 e. The second kappa shape index (κ2) is 9.16. The molecule has 5 rings (SSSR count). The van der Waals surface area contributed by atoms with Crippen LogP contribution in [0.25, 0.3) is 0 Å². The van der Waals surface area contributed by atoms with E-state index in [1.54, 1.807) is 0 Å². The predicted molar refractivity (Wildman–Crippen MR) is 123 cm³/mol. The third kappa shape index (κ3) is 4.70. The number of hydrogen-bond acceptors (Lipinski definition) is 7. The number of fused-ring (bicyclic) bond motifs is 1. The Morgan fingerprint density at radius 2 is 1.84 bits per heavy atom. The van der Waals surface area contributed by atoms with Crippen LogP contribution in [0, 0.1) is 12.8 Å². The molecule has 1 aromatic heterocycles. The van der Waals surface area contributed by atoms with Gasteiger partial charge in [0.15, 0.2) is 11.5 Å². The van der Waals surface area contributed by atoms with Gasteiger partial charge in [-0.05, 0) is 43.0 Å². The number of carbonyl (C=O) groups is 1. The summed E-state index contributed by atoms with van der Waals surface area (Å²) < 4.78 is 15.3. The molecule has 0 saturated carbocycles. The molecule has 0 atom stereocenters. The highest BCUT2D eigenvalue weighted by Crippen LogP contribution is 2.32. The zero-order valence-corrected chi connectivity index (χ0v) is 18.9. The van der Waals surface area contributed by atoms with Gasteiger partial charge in [0.05, 0.1) is 0 Å². The zero-order chi connectivity index (χ0) is 21.9. The van der Waals surface area contributed by atoms with Gasteiger partial charge in [-0.1, -0.05) is 35.9 Å². The Kier molecular flexibility index (Phi) is 5.94. The molecular weight excluding hydrogens is 424 g/mol. The molecule has 166 valence electrons. The first-order valence-electron chi connectivity index (χ1n) is 10.9. The molecule has 32 heavy (non-hydrogen) atoms. The van der Waals surface area contributed by atoms with Crippen molar-refractivity contribution in [3.05, 3.63) is 65.0 Å². The summed E-state index contributed by atoms with van der Waals surface area (Å²) in [7, 11) is 0. The summed E-state index contributed by atoms with van der Waals surface area (Å²) in [5.74, 6) is 2.49. The van der Waals surface area contributed by atoms with Gasteiger partial charge in [-0.2, -0.15) is 4.37 Å². The average molecular weight is 451 g/mol. The minimum atomic E-state index is 0.0280. The topological polar surface area (TPSA) is 76.6 Å². The Morgan fingerprint density at radius 3 is 2.66 bits per heavy atom. The molecule has 1 fully saturated rings. The number of ether oxygens (including phenoxy) is 2. The SMILES string of the molecule is Cc1ccc(Cc2nsc(N3CCC(C(=O)NCc4ccc5c(c4)OCO5)CC3)n2)cc1. The Morgan fingerprint density at radius 1 is 1.09 bits per heavy atom. The maximum absolute atomic E-state index is 12.7. The molecular formula is C24H26N4O3S. The molecule has 0 spiro atoms. The third-order valence-electron chi connectivity index (χ3n) is 5.98. The molecule has 2 aliphatic heterocycles. The average Bonchev–Trinajstić information content (AvgIpc) is 3.48. The number of nitrogens with one attached hydrogen (secondary N) is 1. The van der Waals surface area contributed by atoms with Crippen molar-refractivity contribution in [3.8, 4) is 11.5 Å². The molecule has 3 heterocycles. The lowest BCUT2D eigenvalue weighted by Gasteiger charge is -2.30. The van der Waals surface area contributed by atoms with Gasteiger partial charge in [0, 0.05) is 43.5 Å². The first kappa shape index (κ1) is 20.8. The summed E-state index contributed by atoms with van der Waals surface area (Å²) >= 11 is 1.45. The number of amides is 1. The molecule has 0 radical (unpaired) electrons. The summed E-state index contributed by atoms with van der Waals surface area (Å²) in [5.41, 5.74) is 3.48. The van der Waals surface area contributed by atoms with Gasteiger partial charge in [-0.3, -0.25) is 4.79 Å². The summed E-state index contributed by atoms with van der Waals surface area (Å²) in [6.07, 6.45) is 2.38. The standard InChI is InChI=1S/C24H26N4O3S/c1-16-2-4-17(5-3-16)13-22-26-24(32-27-22)28-10-8-19(9-11-28)23(29)25-14-18-6-7-20-21(12-18)31-15-30-20/h2-7,12,19H,8-11,13-15H2,1H3,(H,25,29). The Bertz CT molecular complexity index is 1090. The number of hydrogen-bond donors (Lipinski definition) is 1. The van der Waals surface area contributed by atoms with E-state index in [0.717, 1.165) is 60.4 Å². The number of rotatable bonds is 6. The zero-order valence-electron chi connectivity index (χ0n) is 18.0. The molecule has 1 amide bonds. The van der Waals surface area contributed by atoms with Crippen LogP contribution in [-0.4, -0.2) is 35.1 Å². The van der Waals surface area contributed by atoms with Gasteiger partial charge in [0.2, 0.25) is 17.8 Å². The second-order valence-corrected chi connectivity index (χ2v) is 9.05. The minimum Gasteiger partial charge on any atom is -0.454 e. The lowest BCUT2D eigenvalue weighted by molar-refractivity contribution is -0.125. The highest BCUT2D eigenvalue weighted by Gasteiger charge is 2.26. The molecule has 1 saturated heterocycles. The number of aryl methyl sites for hydroxylation is 1. The Hall–Kier alpha value is -3.13. The van der Waals surface area contributed by atoms with Crippen molar-refractivity contribution in [1.29, 1.82) is 0 Å². The quantitative estimate of drug-likeness (QED) is 0.617. The van der Waals surface area contributed by atoms with E-state index in [0.29, 0.717) is 6.54 Å². The maximum atomic E-state index is 12.7. The van der Waals surface area contributed by atoms with E-state index in [1.165, 1.54) is 22.7 Å².